The van der Waals surface area contributed by atoms with E-state index in [0.717, 1.165) is 4.68 Å². The lowest BCUT2D eigenvalue weighted by Crippen LogP contribution is -2.30. The summed E-state index contributed by atoms with van der Waals surface area (Å²) in [7, 11) is 1.43. The zero-order valence-electron chi connectivity index (χ0n) is 7.75. The third-order valence-corrected chi connectivity index (χ3v) is 1.65. The van der Waals surface area contributed by atoms with Gasteiger partial charge in [0.05, 0.1) is 26.4 Å². The smallest absolute Gasteiger partial charge is 0.267 e. The number of ether oxygens (including phenoxy) is 1. The van der Waals surface area contributed by atoms with Gasteiger partial charge in [-0.25, -0.2) is 4.68 Å². The number of rotatable bonds is 4. The van der Waals surface area contributed by atoms with Gasteiger partial charge < -0.3 is 14.9 Å². The Kier molecular flexibility index (Phi) is 3.61. The Bertz CT molecular complexity index is 349. The first kappa shape index (κ1) is 10.7. The van der Waals surface area contributed by atoms with Crippen molar-refractivity contribution in [2.75, 3.05) is 13.7 Å². The summed E-state index contributed by atoms with van der Waals surface area (Å²) in [6.45, 7) is -0.460. The van der Waals surface area contributed by atoms with E-state index in [1.807, 2.05) is 0 Å². The fraction of sp³-hybridized carbons (Fsp3) is 0.500. The summed E-state index contributed by atoms with van der Waals surface area (Å²) in [6.07, 6.45) is -0.993. The second-order valence-electron chi connectivity index (χ2n) is 2.73. The highest BCUT2D eigenvalue weighted by molar-refractivity contribution is 5.05. The zero-order chi connectivity index (χ0) is 10.6. The molecule has 1 atom stereocenters. The molecule has 0 amide bonds. The van der Waals surface area contributed by atoms with Crippen LogP contribution in [0.4, 0.5) is 0 Å². The zero-order valence-corrected chi connectivity index (χ0v) is 7.75. The number of nitrogens with zero attached hydrogens (tertiary/aromatic N) is 2. The van der Waals surface area contributed by atoms with Crippen molar-refractivity contribution in [1.29, 1.82) is 0 Å². The maximum atomic E-state index is 11.2. The van der Waals surface area contributed by atoms with Gasteiger partial charge in [-0.1, -0.05) is 0 Å². The molecule has 0 saturated heterocycles. The normalized spacial score (nSPS) is 12.5. The molecular weight excluding hydrogens is 188 g/mol. The molecule has 78 valence electrons. The molecule has 1 aromatic rings. The fourth-order valence-corrected chi connectivity index (χ4v) is 0.927. The van der Waals surface area contributed by atoms with Gasteiger partial charge in [-0.05, 0) is 0 Å². The third kappa shape index (κ3) is 2.54. The molecule has 1 aromatic heterocycles. The largest absolute Gasteiger partial charge is 0.480 e. The number of aliphatic hydroxyl groups is 2. The van der Waals surface area contributed by atoms with Crippen molar-refractivity contribution < 1.29 is 14.9 Å². The maximum absolute atomic E-state index is 11.2. The molecule has 0 aromatic carbocycles. The van der Waals surface area contributed by atoms with Gasteiger partial charge in [0.25, 0.3) is 5.56 Å². The van der Waals surface area contributed by atoms with Crippen LogP contribution >= 0.6 is 0 Å². The predicted molar refractivity (Wildman–Crippen MR) is 48.1 cm³/mol. The standard InChI is InChI=1S/C8H12N2O4/c1-14-7-2-3-8(13)10(9-7)4-6(12)5-11/h2-3,6,11-12H,4-5H2,1H3. The minimum atomic E-state index is -0.993. The third-order valence-electron chi connectivity index (χ3n) is 1.65. The van der Waals surface area contributed by atoms with Crippen LogP contribution in [0.5, 0.6) is 5.88 Å². The van der Waals surface area contributed by atoms with Crippen molar-refractivity contribution in [3.63, 3.8) is 0 Å². The van der Waals surface area contributed by atoms with E-state index in [1.165, 1.54) is 19.2 Å². The summed E-state index contributed by atoms with van der Waals surface area (Å²) in [4.78, 5) is 11.2. The quantitative estimate of drug-likeness (QED) is 0.624. The van der Waals surface area contributed by atoms with Crippen molar-refractivity contribution in [2.45, 2.75) is 12.6 Å². The SMILES string of the molecule is COc1ccc(=O)n(CC(O)CO)n1. The minimum absolute atomic E-state index is 0.0491. The molecule has 0 spiro atoms. The van der Waals surface area contributed by atoms with Crippen LogP contribution in [0.2, 0.25) is 0 Å². The van der Waals surface area contributed by atoms with Crippen LogP contribution in [0, 0.1) is 0 Å². The number of aromatic nitrogens is 2. The first-order chi connectivity index (χ1) is 6.67. The Morgan fingerprint density at radius 2 is 2.36 bits per heavy atom. The highest BCUT2D eigenvalue weighted by atomic mass is 16.5. The lowest BCUT2D eigenvalue weighted by Gasteiger charge is -2.09. The fourth-order valence-electron chi connectivity index (χ4n) is 0.927. The van der Waals surface area contributed by atoms with Crippen LogP contribution in [0.15, 0.2) is 16.9 Å². The van der Waals surface area contributed by atoms with E-state index in [4.69, 9.17) is 14.9 Å². The molecule has 1 heterocycles. The van der Waals surface area contributed by atoms with E-state index in [-0.39, 0.29) is 18.0 Å². The summed E-state index contributed by atoms with van der Waals surface area (Å²) in [5.74, 6) is 0.287. The van der Waals surface area contributed by atoms with Gasteiger partial charge in [0.15, 0.2) is 0 Å². The summed E-state index contributed by atoms with van der Waals surface area (Å²) < 4.78 is 5.85. The molecule has 0 bridgehead atoms. The van der Waals surface area contributed by atoms with Gasteiger partial charge in [-0.15, -0.1) is 5.10 Å². The Labute approximate surface area is 80.4 Å². The molecule has 0 saturated carbocycles. The first-order valence-electron chi connectivity index (χ1n) is 4.08. The first-order valence-corrected chi connectivity index (χ1v) is 4.08. The van der Waals surface area contributed by atoms with Gasteiger partial charge in [-0.3, -0.25) is 4.79 Å². The van der Waals surface area contributed by atoms with Crippen LogP contribution in [0.1, 0.15) is 0 Å². The number of aliphatic hydroxyl groups excluding tert-OH is 2. The predicted octanol–water partition coefficient (Wildman–Crippen LogP) is -1.39. The average Bonchev–Trinajstić information content (AvgIpc) is 2.21. The Hall–Kier alpha value is -1.40. The lowest BCUT2D eigenvalue weighted by atomic mass is 10.4. The van der Waals surface area contributed by atoms with E-state index in [9.17, 15) is 4.79 Å². The van der Waals surface area contributed by atoms with E-state index in [0.29, 0.717) is 0 Å². The molecule has 0 aliphatic carbocycles. The van der Waals surface area contributed by atoms with Gasteiger partial charge >= 0.3 is 0 Å². The number of methoxy groups -OCH3 is 1. The van der Waals surface area contributed by atoms with Crippen molar-refractivity contribution in [3.8, 4) is 5.88 Å². The molecule has 0 radical (unpaired) electrons. The van der Waals surface area contributed by atoms with Crippen LogP contribution in [-0.2, 0) is 6.54 Å². The molecular formula is C8H12N2O4. The van der Waals surface area contributed by atoms with Crippen LogP contribution in [0.3, 0.4) is 0 Å². The average molecular weight is 200 g/mol. The molecule has 2 N–H and O–H groups in total. The summed E-state index contributed by atoms with van der Waals surface area (Å²) in [5, 5.41) is 21.5. The van der Waals surface area contributed by atoms with Gasteiger partial charge in [-0.2, -0.15) is 0 Å². The maximum Gasteiger partial charge on any atom is 0.267 e. The minimum Gasteiger partial charge on any atom is -0.480 e. The topological polar surface area (TPSA) is 84.6 Å². The lowest BCUT2D eigenvalue weighted by molar-refractivity contribution is 0.0764. The van der Waals surface area contributed by atoms with Crippen molar-refractivity contribution in [3.05, 3.63) is 22.5 Å². The van der Waals surface area contributed by atoms with Gasteiger partial charge in [0.1, 0.15) is 0 Å². The highest BCUT2D eigenvalue weighted by Crippen LogP contribution is 1.99. The monoisotopic (exact) mass is 200 g/mol. The van der Waals surface area contributed by atoms with Crippen molar-refractivity contribution in [2.24, 2.45) is 0 Å². The van der Waals surface area contributed by atoms with Crippen LogP contribution in [-0.4, -0.2) is 39.8 Å². The number of hydrogen-bond acceptors (Lipinski definition) is 5. The number of hydrogen-bond donors (Lipinski definition) is 2. The molecule has 0 fully saturated rings. The van der Waals surface area contributed by atoms with E-state index in [2.05, 4.69) is 5.10 Å². The molecule has 1 rings (SSSR count). The van der Waals surface area contributed by atoms with Crippen LogP contribution in [0.25, 0.3) is 0 Å². The molecule has 1 unspecified atom stereocenters. The second-order valence-corrected chi connectivity index (χ2v) is 2.73. The highest BCUT2D eigenvalue weighted by Gasteiger charge is 2.06. The van der Waals surface area contributed by atoms with E-state index < -0.39 is 12.7 Å². The Balaban J connectivity index is 2.89. The van der Waals surface area contributed by atoms with E-state index in [1.54, 1.807) is 0 Å². The van der Waals surface area contributed by atoms with E-state index >= 15 is 0 Å². The Morgan fingerprint density at radius 3 is 2.93 bits per heavy atom. The van der Waals surface area contributed by atoms with Crippen LogP contribution < -0.4 is 10.3 Å². The molecule has 6 nitrogen and oxygen atoms in total. The van der Waals surface area contributed by atoms with Crippen molar-refractivity contribution in [1.82, 2.24) is 9.78 Å². The molecule has 0 aliphatic rings. The second kappa shape index (κ2) is 4.73. The molecule has 14 heavy (non-hydrogen) atoms. The van der Waals surface area contributed by atoms with Gasteiger partial charge in [0, 0.05) is 12.1 Å². The summed E-state index contributed by atoms with van der Waals surface area (Å²) in [6, 6.07) is 2.72. The summed E-state index contributed by atoms with van der Waals surface area (Å²) in [5.41, 5.74) is -0.349. The van der Waals surface area contributed by atoms with Gasteiger partial charge in [0.2, 0.25) is 5.88 Å². The molecule has 6 heteroatoms. The summed E-state index contributed by atoms with van der Waals surface area (Å²) >= 11 is 0. The Morgan fingerprint density at radius 1 is 1.64 bits per heavy atom. The van der Waals surface area contributed by atoms with Crippen molar-refractivity contribution >= 4 is 0 Å². The molecule has 0 aliphatic heterocycles.